The molecule has 8 nitrogen and oxygen atoms in total. The van der Waals surface area contributed by atoms with Gasteiger partial charge in [0.15, 0.2) is 12.2 Å². The number of carbonyl (C=O) groups excluding carboxylic acids is 3. The predicted molar refractivity (Wildman–Crippen MR) is 92.2 cm³/mol. The van der Waals surface area contributed by atoms with Gasteiger partial charge in [-0.05, 0) is 31.9 Å². The lowest BCUT2D eigenvalue weighted by atomic mass is 10.0. The minimum Gasteiger partial charge on any atom is -0.464 e. The van der Waals surface area contributed by atoms with E-state index in [1.165, 1.54) is 4.90 Å². The molecule has 1 heterocycles. The Balaban J connectivity index is 1.93. The van der Waals surface area contributed by atoms with E-state index in [4.69, 9.17) is 0 Å². The van der Waals surface area contributed by atoms with Crippen molar-refractivity contribution in [3.8, 4) is 0 Å². The van der Waals surface area contributed by atoms with Gasteiger partial charge in [0.1, 0.15) is 0 Å². The number of esters is 1. The normalized spacial score (nSPS) is 19.3. The summed E-state index contributed by atoms with van der Waals surface area (Å²) in [6.45, 7) is 2.17. The zero-order valence-corrected chi connectivity index (χ0v) is 14.6. The number of benzene rings is 1. The van der Waals surface area contributed by atoms with Gasteiger partial charge in [0.2, 0.25) is 0 Å². The van der Waals surface area contributed by atoms with Crippen molar-refractivity contribution < 1.29 is 29.3 Å². The second kappa shape index (κ2) is 9.30. The first kappa shape index (κ1) is 19.9. The number of carbonyl (C=O) groups is 3. The summed E-state index contributed by atoms with van der Waals surface area (Å²) in [5.41, 5.74) is 0.522. The number of likely N-dealkylation sites (tertiary alicyclic amines) is 1. The number of piperidine rings is 1. The average Bonchev–Trinajstić information content (AvgIpc) is 2.67. The topological polar surface area (TPSA) is 116 Å². The van der Waals surface area contributed by atoms with E-state index in [0.29, 0.717) is 24.9 Å². The molecule has 0 saturated carbocycles. The Hall–Kier alpha value is -2.45. The highest BCUT2D eigenvalue weighted by atomic mass is 16.5. The van der Waals surface area contributed by atoms with Crippen LogP contribution in [0.1, 0.15) is 30.1 Å². The summed E-state index contributed by atoms with van der Waals surface area (Å²) < 4.78 is 4.61. The van der Waals surface area contributed by atoms with Gasteiger partial charge in [-0.2, -0.15) is 0 Å². The molecule has 1 aliphatic rings. The smallest absolute Gasteiger partial charge is 0.338 e. The number of nitrogens with zero attached hydrogens (tertiary/aromatic N) is 1. The molecule has 1 aromatic carbocycles. The molecule has 8 heteroatoms. The molecule has 1 saturated heterocycles. The van der Waals surface area contributed by atoms with Gasteiger partial charge in [0, 0.05) is 24.7 Å². The van der Waals surface area contributed by atoms with Gasteiger partial charge in [-0.3, -0.25) is 9.59 Å². The first-order valence-corrected chi connectivity index (χ1v) is 8.61. The van der Waals surface area contributed by atoms with Crippen molar-refractivity contribution in [1.29, 1.82) is 0 Å². The molecule has 1 aliphatic heterocycles. The monoisotopic (exact) mass is 364 g/mol. The summed E-state index contributed by atoms with van der Waals surface area (Å²) in [5.74, 6) is -2.04. The minimum atomic E-state index is -1.93. The van der Waals surface area contributed by atoms with Gasteiger partial charge in [0.25, 0.3) is 11.8 Å². The first-order chi connectivity index (χ1) is 12.4. The highest BCUT2D eigenvalue weighted by molar-refractivity contribution is 5.94. The van der Waals surface area contributed by atoms with Crippen LogP contribution < -0.4 is 5.32 Å². The van der Waals surface area contributed by atoms with Crippen molar-refractivity contribution in [2.75, 3.05) is 19.7 Å². The van der Waals surface area contributed by atoms with E-state index in [1.54, 1.807) is 31.2 Å². The number of aliphatic hydroxyl groups excluding tert-OH is 2. The van der Waals surface area contributed by atoms with Crippen molar-refractivity contribution >= 4 is 17.8 Å². The van der Waals surface area contributed by atoms with Gasteiger partial charge < -0.3 is 25.2 Å². The van der Waals surface area contributed by atoms with Crippen LogP contribution in [0.5, 0.6) is 0 Å². The molecule has 0 radical (unpaired) electrons. The minimum absolute atomic E-state index is 0.0358. The second-order valence-electron chi connectivity index (χ2n) is 6.10. The van der Waals surface area contributed by atoms with E-state index in [-0.39, 0.29) is 25.1 Å². The van der Waals surface area contributed by atoms with E-state index < -0.39 is 24.1 Å². The molecule has 3 N–H and O–H groups in total. The van der Waals surface area contributed by atoms with Gasteiger partial charge in [-0.25, -0.2) is 4.79 Å². The van der Waals surface area contributed by atoms with Gasteiger partial charge in [-0.1, -0.05) is 18.2 Å². The summed E-state index contributed by atoms with van der Waals surface area (Å²) >= 11 is 0. The maximum atomic E-state index is 12.3. The van der Waals surface area contributed by atoms with Crippen molar-refractivity contribution in [3.05, 3.63) is 35.9 Å². The lowest BCUT2D eigenvalue weighted by molar-refractivity contribution is -0.167. The summed E-state index contributed by atoms with van der Waals surface area (Å²) in [6.07, 6.45) is -2.49. The Morgan fingerprint density at radius 2 is 1.92 bits per heavy atom. The number of hydrogen-bond donors (Lipinski definition) is 3. The third-order valence-electron chi connectivity index (χ3n) is 4.18. The van der Waals surface area contributed by atoms with E-state index in [1.807, 2.05) is 6.07 Å². The number of aliphatic hydroxyl groups is 2. The number of rotatable bonds is 6. The third kappa shape index (κ3) is 5.03. The summed E-state index contributed by atoms with van der Waals surface area (Å²) in [5, 5.41) is 22.6. The molecule has 1 fully saturated rings. The fourth-order valence-electron chi connectivity index (χ4n) is 2.83. The van der Waals surface area contributed by atoms with Crippen LogP contribution in [-0.4, -0.2) is 70.8 Å². The fourth-order valence-corrected chi connectivity index (χ4v) is 2.83. The quantitative estimate of drug-likeness (QED) is 0.597. The van der Waals surface area contributed by atoms with Gasteiger partial charge in [0.05, 0.1) is 6.61 Å². The Morgan fingerprint density at radius 1 is 1.23 bits per heavy atom. The maximum Gasteiger partial charge on any atom is 0.338 e. The zero-order chi connectivity index (χ0) is 19.1. The predicted octanol–water partition coefficient (Wildman–Crippen LogP) is -0.308. The lowest BCUT2D eigenvalue weighted by Gasteiger charge is -2.34. The van der Waals surface area contributed by atoms with E-state index >= 15 is 0 Å². The van der Waals surface area contributed by atoms with Crippen molar-refractivity contribution in [3.63, 3.8) is 0 Å². The SMILES string of the molecule is CCOC(=O)C(O)C(O)C(=O)N1CCCC(NC(=O)c2ccccc2)C1. The number of ether oxygens (including phenoxy) is 1. The Morgan fingerprint density at radius 3 is 2.58 bits per heavy atom. The van der Waals surface area contributed by atoms with Crippen LogP contribution in [0.2, 0.25) is 0 Å². The molecule has 0 spiro atoms. The molecule has 0 bridgehead atoms. The van der Waals surface area contributed by atoms with Crippen LogP contribution in [0, 0.1) is 0 Å². The van der Waals surface area contributed by atoms with E-state index in [2.05, 4.69) is 10.1 Å². The third-order valence-corrected chi connectivity index (χ3v) is 4.18. The van der Waals surface area contributed by atoms with Crippen LogP contribution in [0.3, 0.4) is 0 Å². The van der Waals surface area contributed by atoms with Gasteiger partial charge in [-0.15, -0.1) is 0 Å². The summed E-state index contributed by atoms with van der Waals surface area (Å²) in [6, 6.07) is 8.46. The summed E-state index contributed by atoms with van der Waals surface area (Å²) in [4.78, 5) is 37.4. The maximum absolute atomic E-state index is 12.3. The van der Waals surface area contributed by atoms with Gasteiger partial charge >= 0.3 is 5.97 Å². The molecular weight excluding hydrogens is 340 g/mol. The highest BCUT2D eigenvalue weighted by Gasteiger charge is 2.36. The standard InChI is InChI=1S/C18H24N2O6/c1-2-26-18(25)15(22)14(21)17(24)20-10-6-9-13(11-20)19-16(23)12-7-4-3-5-8-12/h3-5,7-8,13-15,21-22H,2,6,9-11H2,1H3,(H,19,23). The Bertz CT molecular complexity index is 636. The Kier molecular flexibility index (Phi) is 7.11. The van der Waals surface area contributed by atoms with E-state index in [0.717, 1.165) is 0 Å². The molecule has 0 aliphatic carbocycles. The second-order valence-corrected chi connectivity index (χ2v) is 6.10. The molecule has 3 unspecified atom stereocenters. The van der Waals surface area contributed by atoms with Crippen LogP contribution in [-0.2, 0) is 14.3 Å². The molecular formula is C18H24N2O6. The lowest BCUT2D eigenvalue weighted by Crippen LogP contribution is -2.54. The first-order valence-electron chi connectivity index (χ1n) is 8.61. The van der Waals surface area contributed by atoms with Crippen LogP contribution >= 0.6 is 0 Å². The molecule has 0 aromatic heterocycles. The number of hydrogen-bond acceptors (Lipinski definition) is 6. The number of nitrogens with one attached hydrogen (secondary N) is 1. The van der Waals surface area contributed by atoms with Crippen molar-refractivity contribution in [2.45, 2.75) is 38.0 Å². The van der Waals surface area contributed by atoms with Crippen LogP contribution in [0.4, 0.5) is 0 Å². The van der Waals surface area contributed by atoms with E-state index in [9.17, 15) is 24.6 Å². The molecule has 1 aromatic rings. The average molecular weight is 364 g/mol. The number of amides is 2. The Labute approximate surface area is 151 Å². The zero-order valence-electron chi connectivity index (χ0n) is 14.6. The molecule has 3 atom stereocenters. The molecule has 26 heavy (non-hydrogen) atoms. The fraction of sp³-hybridized carbons (Fsp3) is 0.500. The van der Waals surface area contributed by atoms with Crippen molar-refractivity contribution in [1.82, 2.24) is 10.2 Å². The van der Waals surface area contributed by atoms with Crippen molar-refractivity contribution in [2.24, 2.45) is 0 Å². The van der Waals surface area contributed by atoms with Crippen LogP contribution in [0.25, 0.3) is 0 Å². The summed E-state index contributed by atoms with van der Waals surface area (Å²) in [7, 11) is 0. The molecule has 2 amide bonds. The molecule has 2 rings (SSSR count). The van der Waals surface area contributed by atoms with Crippen LogP contribution in [0.15, 0.2) is 30.3 Å². The largest absolute Gasteiger partial charge is 0.464 e. The highest BCUT2D eigenvalue weighted by Crippen LogP contribution is 2.14. The molecule has 142 valence electrons.